The molecule has 2 aromatic heterocycles. The van der Waals surface area contributed by atoms with Gasteiger partial charge < -0.3 is 5.32 Å². The lowest BCUT2D eigenvalue weighted by Crippen LogP contribution is -2.28. The predicted octanol–water partition coefficient (Wildman–Crippen LogP) is 4.75. The van der Waals surface area contributed by atoms with Crippen molar-refractivity contribution in [1.82, 2.24) is 14.9 Å². The summed E-state index contributed by atoms with van der Waals surface area (Å²) in [6, 6.07) is 15.3. The molecule has 0 aliphatic rings. The largest absolute Gasteiger partial charge is 0.355 e. The first kappa shape index (κ1) is 22.5. The number of carbonyl (C=O) groups is 1. The van der Waals surface area contributed by atoms with E-state index in [0.717, 1.165) is 11.1 Å². The number of hydrogen-bond donors (Lipinski definition) is 1. The van der Waals surface area contributed by atoms with Gasteiger partial charge in [0.2, 0.25) is 5.91 Å². The molecule has 2 aromatic carbocycles. The van der Waals surface area contributed by atoms with Crippen LogP contribution in [0.1, 0.15) is 11.1 Å². The van der Waals surface area contributed by atoms with Crippen LogP contribution in [-0.4, -0.2) is 27.8 Å². The van der Waals surface area contributed by atoms with Gasteiger partial charge in [-0.2, -0.15) is 0 Å². The Hall–Kier alpha value is -2.68. The van der Waals surface area contributed by atoms with E-state index in [1.165, 1.54) is 39.8 Å². The second-order valence-corrected chi connectivity index (χ2v) is 9.36. The molecule has 0 aliphatic carbocycles. The van der Waals surface area contributed by atoms with Crippen LogP contribution in [0.15, 0.2) is 69.9 Å². The van der Waals surface area contributed by atoms with Gasteiger partial charge in [-0.1, -0.05) is 47.6 Å². The fourth-order valence-corrected chi connectivity index (χ4v) is 4.86. The number of hydrogen-bond acceptors (Lipinski definition) is 5. The number of nitrogens with one attached hydrogen (secondary N) is 1. The van der Waals surface area contributed by atoms with E-state index in [0.29, 0.717) is 33.4 Å². The van der Waals surface area contributed by atoms with Crippen molar-refractivity contribution in [2.45, 2.75) is 18.1 Å². The zero-order valence-electron chi connectivity index (χ0n) is 16.9. The molecular weight excluding hydrogens is 469 g/mol. The molecule has 0 fully saturated rings. The highest BCUT2D eigenvalue weighted by molar-refractivity contribution is 7.99. The minimum atomic E-state index is -0.335. The van der Waals surface area contributed by atoms with Crippen molar-refractivity contribution < 1.29 is 9.18 Å². The van der Waals surface area contributed by atoms with Crippen molar-refractivity contribution in [3.63, 3.8) is 0 Å². The molecule has 164 valence electrons. The summed E-state index contributed by atoms with van der Waals surface area (Å²) in [5.74, 6) is -0.346. The van der Waals surface area contributed by atoms with E-state index in [2.05, 4.69) is 10.3 Å². The van der Waals surface area contributed by atoms with Gasteiger partial charge in [0.1, 0.15) is 10.5 Å². The molecule has 2 heterocycles. The Bertz CT molecular complexity index is 1290. The van der Waals surface area contributed by atoms with E-state index in [1.54, 1.807) is 18.2 Å². The van der Waals surface area contributed by atoms with Crippen LogP contribution >= 0.6 is 34.7 Å². The maximum absolute atomic E-state index is 13.3. The molecule has 4 rings (SSSR count). The van der Waals surface area contributed by atoms with Crippen LogP contribution in [0.3, 0.4) is 0 Å². The molecule has 1 amide bonds. The predicted molar refractivity (Wildman–Crippen MR) is 128 cm³/mol. The van der Waals surface area contributed by atoms with Gasteiger partial charge in [0.25, 0.3) is 5.56 Å². The van der Waals surface area contributed by atoms with E-state index in [9.17, 15) is 14.0 Å². The highest BCUT2D eigenvalue weighted by Crippen LogP contribution is 2.22. The molecule has 0 saturated heterocycles. The van der Waals surface area contributed by atoms with Crippen molar-refractivity contribution in [1.29, 1.82) is 0 Å². The Labute approximate surface area is 197 Å². The fraction of sp³-hybridized carbons (Fsp3) is 0.174. The highest BCUT2D eigenvalue weighted by Gasteiger charge is 2.15. The number of aromatic nitrogens is 2. The molecule has 4 aromatic rings. The van der Waals surface area contributed by atoms with Crippen molar-refractivity contribution >= 4 is 50.8 Å². The van der Waals surface area contributed by atoms with Gasteiger partial charge in [0.15, 0.2) is 5.16 Å². The first-order valence-electron chi connectivity index (χ1n) is 9.86. The summed E-state index contributed by atoms with van der Waals surface area (Å²) in [4.78, 5) is 30.0. The number of thiophene rings is 1. The highest BCUT2D eigenvalue weighted by atomic mass is 35.5. The summed E-state index contributed by atoms with van der Waals surface area (Å²) in [6.07, 6.45) is 0.696. The standard InChI is InChI=1S/C23H19ClFN3O2S2/c24-17-5-1-15(2-6-17)9-11-26-20(29)14-32-23-27-19-10-12-31-21(19)22(30)28(23)13-16-3-7-18(25)8-4-16/h1-8,10,12H,9,11,13-14H2,(H,26,29). The van der Waals surface area contributed by atoms with Crippen LogP contribution in [0, 0.1) is 5.82 Å². The van der Waals surface area contributed by atoms with Crippen molar-refractivity contribution in [2.75, 3.05) is 12.3 Å². The van der Waals surface area contributed by atoms with Gasteiger partial charge in [0, 0.05) is 11.6 Å². The third-order valence-electron chi connectivity index (χ3n) is 4.77. The normalized spacial score (nSPS) is 11.1. The van der Waals surface area contributed by atoms with Crippen molar-refractivity contribution in [3.8, 4) is 0 Å². The van der Waals surface area contributed by atoms with Crippen LogP contribution in [0.25, 0.3) is 10.2 Å². The van der Waals surface area contributed by atoms with E-state index in [-0.39, 0.29) is 29.6 Å². The van der Waals surface area contributed by atoms with Gasteiger partial charge in [-0.15, -0.1) is 11.3 Å². The molecule has 0 radical (unpaired) electrons. The lowest BCUT2D eigenvalue weighted by Gasteiger charge is -2.12. The zero-order valence-corrected chi connectivity index (χ0v) is 19.3. The summed E-state index contributed by atoms with van der Waals surface area (Å²) >= 11 is 8.43. The quantitative estimate of drug-likeness (QED) is 0.288. The SMILES string of the molecule is O=C(CSc1nc2ccsc2c(=O)n1Cc1ccc(F)cc1)NCCc1ccc(Cl)cc1. The molecular formula is C23H19ClFN3O2S2. The van der Waals surface area contributed by atoms with E-state index in [1.807, 2.05) is 29.6 Å². The topological polar surface area (TPSA) is 64.0 Å². The number of rotatable bonds is 8. The Morgan fingerprint density at radius 3 is 2.56 bits per heavy atom. The summed E-state index contributed by atoms with van der Waals surface area (Å²) in [5.41, 5.74) is 2.31. The summed E-state index contributed by atoms with van der Waals surface area (Å²) in [6.45, 7) is 0.751. The monoisotopic (exact) mass is 487 g/mol. The molecule has 0 bridgehead atoms. The first-order valence-corrected chi connectivity index (χ1v) is 12.1. The number of amides is 1. The molecule has 9 heteroatoms. The zero-order chi connectivity index (χ0) is 22.5. The number of halogens is 2. The fourth-order valence-electron chi connectivity index (χ4n) is 3.12. The molecule has 0 atom stereocenters. The Balaban J connectivity index is 1.44. The minimum absolute atomic E-state index is 0.131. The lowest BCUT2D eigenvalue weighted by molar-refractivity contribution is -0.118. The van der Waals surface area contributed by atoms with Gasteiger partial charge in [-0.05, 0) is 53.3 Å². The van der Waals surface area contributed by atoms with E-state index >= 15 is 0 Å². The van der Waals surface area contributed by atoms with Crippen LogP contribution in [0.5, 0.6) is 0 Å². The van der Waals surface area contributed by atoms with Crippen molar-refractivity contribution in [3.05, 3.63) is 92.3 Å². The Morgan fingerprint density at radius 2 is 1.81 bits per heavy atom. The number of nitrogens with zero attached hydrogens (tertiary/aromatic N) is 2. The molecule has 5 nitrogen and oxygen atoms in total. The Morgan fingerprint density at radius 1 is 1.09 bits per heavy atom. The minimum Gasteiger partial charge on any atom is -0.355 e. The first-order chi connectivity index (χ1) is 15.5. The second-order valence-electron chi connectivity index (χ2n) is 7.06. The van der Waals surface area contributed by atoms with Crippen LogP contribution in [0.2, 0.25) is 5.02 Å². The van der Waals surface area contributed by atoms with Crippen LogP contribution in [-0.2, 0) is 17.8 Å². The summed E-state index contributed by atoms with van der Waals surface area (Å²) in [5, 5.41) is 5.84. The maximum atomic E-state index is 13.3. The average Bonchev–Trinajstić information content (AvgIpc) is 3.26. The molecule has 0 aliphatic heterocycles. The molecule has 0 saturated carbocycles. The maximum Gasteiger partial charge on any atom is 0.272 e. The van der Waals surface area contributed by atoms with Gasteiger partial charge >= 0.3 is 0 Å². The number of fused-ring (bicyclic) bond motifs is 1. The van der Waals surface area contributed by atoms with Gasteiger partial charge in [0.05, 0.1) is 17.8 Å². The summed E-state index contributed by atoms with van der Waals surface area (Å²) < 4.78 is 15.4. The van der Waals surface area contributed by atoms with E-state index in [4.69, 9.17) is 11.6 Å². The second kappa shape index (κ2) is 10.3. The smallest absolute Gasteiger partial charge is 0.272 e. The van der Waals surface area contributed by atoms with Gasteiger partial charge in [-0.25, -0.2) is 9.37 Å². The number of carbonyl (C=O) groups excluding carboxylic acids is 1. The van der Waals surface area contributed by atoms with Crippen molar-refractivity contribution in [2.24, 2.45) is 0 Å². The van der Waals surface area contributed by atoms with E-state index < -0.39 is 0 Å². The number of thioether (sulfide) groups is 1. The van der Waals surface area contributed by atoms with Crippen LogP contribution in [0.4, 0.5) is 4.39 Å². The molecule has 32 heavy (non-hydrogen) atoms. The molecule has 0 unspecified atom stereocenters. The number of benzene rings is 2. The van der Waals surface area contributed by atoms with Crippen LogP contribution < -0.4 is 10.9 Å². The van der Waals surface area contributed by atoms with Gasteiger partial charge in [-0.3, -0.25) is 14.2 Å². The summed E-state index contributed by atoms with van der Waals surface area (Å²) in [7, 11) is 0. The Kier molecular flexibility index (Phi) is 7.24. The molecule has 0 spiro atoms. The molecule has 1 N–H and O–H groups in total. The third-order valence-corrected chi connectivity index (χ3v) is 6.89. The average molecular weight is 488 g/mol. The third kappa shape index (κ3) is 5.56. The lowest BCUT2D eigenvalue weighted by atomic mass is 10.1.